The zero-order valence-electron chi connectivity index (χ0n) is 17.1. The van der Waals surface area contributed by atoms with Crippen LogP contribution in [0.4, 0.5) is 26.3 Å². The second kappa shape index (κ2) is 8.36. The van der Waals surface area contributed by atoms with Crippen molar-refractivity contribution in [1.29, 1.82) is 0 Å². The summed E-state index contributed by atoms with van der Waals surface area (Å²) in [7, 11) is 1.46. The lowest BCUT2D eigenvalue weighted by Crippen LogP contribution is -2.23. The molecule has 0 fully saturated rings. The largest absolute Gasteiger partial charge is 0.574 e. The van der Waals surface area contributed by atoms with Crippen LogP contribution in [0.1, 0.15) is 5.69 Å². The summed E-state index contributed by atoms with van der Waals surface area (Å²) in [5.41, 5.74) is -1.76. The molecule has 0 radical (unpaired) electrons. The fraction of sp³-hybridized carbons (Fsp3) is 0.136. The van der Waals surface area contributed by atoms with E-state index in [-0.39, 0.29) is 22.3 Å². The van der Waals surface area contributed by atoms with Gasteiger partial charge in [-0.05, 0) is 42.0 Å². The van der Waals surface area contributed by atoms with Crippen molar-refractivity contribution in [2.24, 2.45) is 0 Å². The van der Waals surface area contributed by atoms with Gasteiger partial charge in [-0.2, -0.15) is 18.2 Å². The van der Waals surface area contributed by atoms with Crippen molar-refractivity contribution in [1.82, 2.24) is 14.5 Å². The number of hydrogen-bond donors (Lipinski definition) is 0. The van der Waals surface area contributed by atoms with Gasteiger partial charge in [0.05, 0.1) is 19.0 Å². The van der Waals surface area contributed by atoms with E-state index in [1.165, 1.54) is 19.2 Å². The minimum Gasteiger partial charge on any atom is -0.497 e. The van der Waals surface area contributed by atoms with Crippen LogP contribution in [0, 0.1) is 0 Å². The molecule has 0 saturated heterocycles. The molecule has 0 saturated carbocycles. The van der Waals surface area contributed by atoms with Gasteiger partial charge >= 0.3 is 12.5 Å². The maximum atomic E-state index is 13.4. The number of rotatable bonds is 4. The summed E-state index contributed by atoms with van der Waals surface area (Å²) in [4.78, 5) is 20.5. The van der Waals surface area contributed by atoms with E-state index in [9.17, 15) is 31.1 Å². The predicted molar refractivity (Wildman–Crippen MR) is 109 cm³/mol. The number of pyridine rings is 3. The molecule has 0 unspecified atom stereocenters. The maximum absolute atomic E-state index is 13.4. The molecule has 0 aliphatic heterocycles. The second-order valence-electron chi connectivity index (χ2n) is 6.94. The van der Waals surface area contributed by atoms with Crippen molar-refractivity contribution < 1.29 is 35.8 Å². The highest BCUT2D eigenvalue weighted by molar-refractivity contribution is 5.83. The third-order valence-electron chi connectivity index (χ3n) is 4.74. The SMILES string of the molecule is COc1ccc(-c2cc3ccc(OC(F)(F)F)nc3n(-c3ccc(C(F)(F)F)nc3)c2=O)cc1. The Kier molecular flexibility index (Phi) is 5.67. The van der Waals surface area contributed by atoms with E-state index in [0.29, 0.717) is 17.4 Å². The normalized spacial score (nSPS) is 12.1. The Labute approximate surface area is 187 Å². The summed E-state index contributed by atoms with van der Waals surface area (Å²) >= 11 is 0. The maximum Gasteiger partial charge on any atom is 0.574 e. The number of halogens is 6. The van der Waals surface area contributed by atoms with Crippen molar-refractivity contribution in [2.75, 3.05) is 7.11 Å². The lowest BCUT2D eigenvalue weighted by atomic mass is 10.1. The quantitative estimate of drug-likeness (QED) is 0.367. The molecule has 0 amide bonds. The first-order chi connectivity index (χ1) is 16.0. The third kappa shape index (κ3) is 4.65. The van der Waals surface area contributed by atoms with E-state index >= 15 is 0 Å². The molecular formula is C22H13F6N3O3. The van der Waals surface area contributed by atoms with Crippen LogP contribution in [0.15, 0.2) is 65.6 Å². The minimum absolute atomic E-state index is 0.126. The molecule has 1 aromatic carbocycles. The van der Waals surface area contributed by atoms with Gasteiger partial charge in [-0.15, -0.1) is 13.2 Å². The zero-order valence-corrected chi connectivity index (χ0v) is 17.1. The van der Waals surface area contributed by atoms with Crippen LogP contribution in [-0.2, 0) is 6.18 Å². The Morgan fingerprint density at radius 2 is 1.62 bits per heavy atom. The molecule has 34 heavy (non-hydrogen) atoms. The monoisotopic (exact) mass is 481 g/mol. The molecule has 176 valence electrons. The molecule has 0 atom stereocenters. The minimum atomic E-state index is -5.04. The number of benzene rings is 1. The molecule has 0 bridgehead atoms. The van der Waals surface area contributed by atoms with Crippen molar-refractivity contribution in [3.8, 4) is 28.4 Å². The van der Waals surface area contributed by atoms with Crippen molar-refractivity contribution in [2.45, 2.75) is 12.5 Å². The number of alkyl halides is 6. The van der Waals surface area contributed by atoms with E-state index < -0.39 is 29.7 Å². The van der Waals surface area contributed by atoms with Gasteiger partial charge in [0.25, 0.3) is 5.56 Å². The zero-order chi connectivity index (χ0) is 24.7. The summed E-state index contributed by atoms with van der Waals surface area (Å²) in [6.07, 6.45) is -8.96. The van der Waals surface area contributed by atoms with Gasteiger partial charge in [0, 0.05) is 17.0 Å². The van der Waals surface area contributed by atoms with Gasteiger partial charge in [-0.25, -0.2) is 4.98 Å². The molecule has 6 nitrogen and oxygen atoms in total. The molecule has 0 aliphatic carbocycles. The summed E-state index contributed by atoms with van der Waals surface area (Å²) in [5.74, 6) is -0.322. The van der Waals surface area contributed by atoms with Gasteiger partial charge in [0.15, 0.2) is 5.65 Å². The van der Waals surface area contributed by atoms with E-state index in [0.717, 1.165) is 22.9 Å². The molecule has 12 heteroatoms. The Balaban J connectivity index is 1.97. The van der Waals surface area contributed by atoms with Crippen molar-refractivity contribution in [3.63, 3.8) is 0 Å². The number of nitrogens with zero attached hydrogens (tertiary/aromatic N) is 3. The fourth-order valence-electron chi connectivity index (χ4n) is 3.25. The van der Waals surface area contributed by atoms with E-state index in [4.69, 9.17) is 4.74 Å². The molecule has 0 spiro atoms. The molecule has 4 rings (SSSR count). The average Bonchev–Trinajstić information content (AvgIpc) is 2.77. The van der Waals surface area contributed by atoms with Gasteiger partial charge in [0.1, 0.15) is 11.4 Å². The van der Waals surface area contributed by atoms with E-state index in [1.807, 2.05) is 0 Å². The predicted octanol–water partition coefficient (Wildman–Crippen LogP) is 5.37. The number of hydrogen-bond acceptors (Lipinski definition) is 5. The first-order valence-corrected chi connectivity index (χ1v) is 9.47. The van der Waals surface area contributed by atoms with E-state index in [2.05, 4.69) is 14.7 Å². The first kappa shape index (κ1) is 23.1. The van der Waals surface area contributed by atoms with Crippen LogP contribution in [0.2, 0.25) is 0 Å². The average molecular weight is 481 g/mol. The Hall–Kier alpha value is -4.09. The van der Waals surface area contributed by atoms with Crippen LogP contribution in [0.5, 0.6) is 11.6 Å². The number of ether oxygens (including phenoxy) is 2. The van der Waals surface area contributed by atoms with Crippen molar-refractivity contribution in [3.05, 3.63) is 76.8 Å². The topological polar surface area (TPSA) is 66.2 Å². The number of aromatic nitrogens is 3. The summed E-state index contributed by atoms with van der Waals surface area (Å²) in [6, 6.07) is 11.6. The molecule has 0 aliphatic rings. The van der Waals surface area contributed by atoms with E-state index in [1.54, 1.807) is 24.3 Å². The highest BCUT2D eigenvalue weighted by Crippen LogP contribution is 2.30. The lowest BCUT2D eigenvalue weighted by molar-refractivity contribution is -0.276. The second-order valence-corrected chi connectivity index (χ2v) is 6.94. The van der Waals surface area contributed by atoms with Gasteiger partial charge in [0.2, 0.25) is 5.88 Å². The highest BCUT2D eigenvalue weighted by atomic mass is 19.4. The van der Waals surface area contributed by atoms with Gasteiger partial charge < -0.3 is 9.47 Å². The summed E-state index contributed by atoms with van der Waals surface area (Å²) < 4.78 is 86.7. The van der Waals surface area contributed by atoms with Crippen LogP contribution in [-0.4, -0.2) is 28.0 Å². The highest BCUT2D eigenvalue weighted by Gasteiger charge is 2.33. The molecular weight excluding hydrogens is 468 g/mol. The van der Waals surface area contributed by atoms with Gasteiger partial charge in [-0.3, -0.25) is 9.36 Å². The van der Waals surface area contributed by atoms with Crippen LogP contribution in [0.25, 0.3) is 27.8 Å². The number of fused-ring (bicyclic) bond motifs is 1. The molecule has 4 aromatic rings. The first-order valence-electron chi connectivity index (χ1n) is 9.47. The lowest BCUT2D eigenvalue weighted by Gasteiger charge is -2.15. The fourth-order valence-corrected chi connectivity index (χ4v) is 3.25. The van der Waals surface area contributed by atoms with Crippen LogP contribution >= 0.6 is 0 Å². The van der Waals surface area contributed by atoms with Crippen molar-refractivity contribution >= 4 is 11.0 Å². The van der Waals surface area contributed by atoms with Gasteiger partial charge in [-0.1, -0.05) is 12.1 Å². The summed E-state index contributed by atoms with van der Waals surface area (Å²) in [6.45, 7) is 0. The van der Waals surface area contributed by atoms with Crippen LogP contribution in [0.3, 0.4) is 0 Å². The Morgan fingerprint density at radius 1 is 0.912 bits per heavy atom. The summed E-state index contributed by atoms with van der Waals surface area (Å²) in [5, 5.41) is 0.236. The smallest absolute Gasteiger partial charge is 0.497 e. The molecule has 3 aromatic heterocycles. The molecule has 3 heterocycles. The Morgan fingerprint density at radius 3 is 2.18 bits per heavy atom. The van der Waals surface area contributed by atoms with Crippen LogP contribution < -0.4 is 15.0 Å². The number of methoxy groups -OCH3 is 1. The standard InChI is InChI=1S/C22H13F6N3O3/c1-33-15-6-2-12(3-7-15)16-10-13-4-9-18(34-22(26,27)28)30-19(13)31(20(16)32)14-5-8-17(29-11-14)21(23,24)25/h2-11H,1H3. The third-order valence-corrected chi connectivity index (χ3v) is 4.74. The Bertz CT molecular complexity index is 1400. The molecule has 0 N–H and O–H groups in total.